The summed E-state index contributed by atoms with van der Waals surface area (Å²) in [5.41, 5.74) is 8.66. The van der Waals surface area contributed by atoms with Crippen LogP contribution in [0.15, 0.2) is 53.2 Å². The number of carbonyl (C=O) groups excluding carboxylic acids is 1. The summed E-state index contributed by atoms with van der Waals surface area (Å²) in [6.07, 6.45) is 3.82. The van der Waals surface area contributed by atoms with Crippen molar-refractivity contribution in [1.82, 2.24) is 0 Å². The minimum absolute atomic E-state index is 0.181. The van der Waals surface area contributed by atoms with E-state index in [1.807, 2.05) is 31.2 Å². The van der Waals surface area contributed by atoms with Gasteiger partial charge in [-0.25, -0.2) is 0 Å². The Morgan fingerprint density at radius 2 is 1.96 bits per heavy atom. The molecule has 1 aromatic heterocycles. The average Bonchev–Trinajstić information content (AvgIpc) is 3.35. The van der Waals surface area contributed by atoms with Gasteiger partial charge in [0.2, 0.25) is 0 Å². The second-order valence-electron chi connectivity index (χ2n) is 6.83. The van der Waals surface area contributed by atoms with E-state index in [4.69, 9.17) is 4.74 Å². The van der Waals surface area contributed by atoms with Crippen molar-refractivity contribution in [1.29, 1.82) is 0 Å². The first-order valence-electron chi connectivity index (χ1n) is 9.43. The fraction of sp³-hybridized carbons (Fsp3) is 0.261. The second-order valence-corrected chi connectivity index (χ2v) is 7.61. The van der Waals surface area contributed by atoms with E-state index < -0.39 is 0 Å². The summed E-state index contributed by atoms with van der Waals surface area (Å²) in [5, 5.41) is 7.92. The van der Waals surface area contributed by atoms with Gasteiger partial charge in [-0.15, -0.1) is 0 Å². The summed E-state index contributed by atoms with van der Waals surface area (Å²) < 4.78 is 5.02. The van der Waals surface area contributed by atoms with Crippen molar-refractivity contribution >= 4 is 28.7 Å². The van der Waals surface area contributed by atoms with Gasteiger partial charge in [0, 0.05) is 11.4 Å². The Kier molecular flexibility index (Phi) is 5.26. The van der Waals surface area contributed by atoms with E-state index in [2.05, 4.69) is 34.3 Å². The quantitative estimate of drug-likeness (QED) is 0.556. The first kappa shape index (κ1) is 17.8. The zero-order valence-electron chi connectivity index (χ0n) is 15.5. The van der Waals surface area contributed by atoms with Gasteiger partial charge in [0.25, 0.3) is 0 Å². The number of thiophene rings is 1. The minimum Gasteiger partial charge on any atom is -0.466 e. The molecule has 3 nitrogen and oxygen atoms in total. The molecule has 0 unspecified atom stereocenters. The van der Waals surface area contributed by atoms with E-state index in [9.17, 15) is 4.79 Å². The lowest BCUT2D eigenvalue weighted by Crippen LogP contribution is -2.07. The van der Waals surface area contributed by atoms with Crippen LogP contribution in [0.4, 0.5) is 11.4 Å². The van der Waals surface area contributed by atoms with Crippen LogP contribution < -0.4 is 5.32 Å². The molecule has 1 aliphatic carbocycles. The second kappa shape index (κ2) is 7.97. The summed E-state index contributed by atoms with van der Waals surface area (Å²) in [6.45, 7) is 2.25. The van der Waals surface area contributed by atoms with Crippen molar-refractivity contribution < 1.29 is 9.53 Å². The molecule has 0 amide bonds. The fourth-order valence-electron chi connectivity index (χ4n) is 3.65. The van der Waals surface area contributed by atoms with Crippen molar-refractivity contribution in [3.8, 4) is 11.1 Å². The standard InChI is InChI=1S/C23H23NO2S/c1-2-26-23(25)12-16-6-8-20(9-7-16)24-22-14-19(18-10-11-27-15-18)13-17-4-3-5-21(17)22/h6-11,13-15,24H,2-5,12H2,1H3. The van der Waals surface area contributed by atoms with Gasteiger partial charge in [-0.1, -0.05) is 18.2 Å². The van der Waals surface area contributed by atoms with Crippen LogP contribution in [0.2, 0.25) is 0 Å². The predicted octanol–water partition coefficient (Wildman–Crippen LogP) is 5.75. The van der Waals surface area contributed by atoms with Gasteiger partial charge in [0.1, 0.15) is 0 Å². The predicted molar refractivity (Wildman–Crippen MR) is 112 cm³/mol. The van der Waals surface area contributed by atoms with E-state index in [1.165, 1.54) is 34.4 Å². The van der Waals surface area contributed by atoms with Crippen molar-refractivity contribution in [3.63, 3.8) is 0 Å². The largest absolute Gasteiger partial charge is 0.466 e. The highest BCUT2D eigenvalue weighted by molar-refractivity contribution is 7.08. The molecule has 0 radical (unpaired) electrons. The number of benzene rings is 2. The highest BCUT2D eigenvalue weighted by atomic mass is 32.1. The number of rotatable bonds is 6. The number of fused-ring (bicyclic) bond motifs is 1. The van der Waals surface area contributed by atoms with Crippen molar-refractivity contribution in [2.45, 2.75) is 32.6 Å². The van der Waals surface area contributed by atoms with Gasteiger partial charge in [-0.2, -0.15) is 11.3 Å². The third-order valence-corrected chi connectivity index (χ3v) is 5.64. The number of carbonyl (C=O) groups is 1. The Labute approximate surface area is 164 Å². The first-order valence-corrected chi connectivity index (χ1v) is 10.4. The Morgan fingerprint density at radius 1 is 1.11 bits per heavy atom. The maximum atomic E-state index is 11.6. The molecule has 0 aliphatic heterocycles. The molecule has 138 valence electrons. The molecule has 0 spiro atoms. The van der Waals surface area contributed by atoms with Crippen molar-refractivity contribution in [2.75, 3.05) is 11.9 Å². The minimum atomic E-state index is -0.181. The zero-order chi connectivity index (χ0) is 18.6. The van der Waals surface area contributed by atoms with E-state index in [0.29, 0.717) is 13.0 Å². The van der Waals surface area contributed by atoms with Crippen LogP contribution in [0, 0.1) is 0 Å². The van der Waals surface area contributed by atoms with Crippen LogP contribution >= 0.6 is 11.3 Å². The maximum absolute atomic E-state index is 11.6. The zero-order valence-corrected chi connectivity index (χ0v) is 16.3. The van der Waals surface area contributed by atoms with E-state index in [-0.39, 0.29) is 5.97 Å². The summed E-state index contributed by atoms with van der Waals surface area (Å²) in [4.78, 5) is 11.6. The van der Waals surface area contributed by atoms with E-state index >= 15 is 0 Å². The number of esters is 1. The number of aryl methyl sites for hydroxylation is 1. The van der Waals surface area contributed by atoms with Crippen LogP contribution in [0.3, 0.4) is 0 Å². The average molecular weight is 378 g/mol. The molecule has 27 heavy (non-hydrogen) atoms. The van der Waals surface area contributed by atoms with E-state index in [0.717, 1.165) is 24.1 Å². The molecule has 0 saturated carbocycles. The SMILES string of the molecule is CCOC(=O)Cc1ccc(Nc2cc(-c3ccsc3)cc3c2CCC3)cc1. The lowest BCUT2D eigenvalue weighted by Gasteiger charge is -2.14. The molecule has 3 aromatic rings. The van der Waals surface area contributed by atoms with Gasteiger partial charge in [-0.05, 0) is 89.0 Å². The molecule has 1 aliphatic rings. The van der Waals surface area contributed by atoms with Crippen molar-refractivity contribution in [3.05, 3.63) is 69.9 Å². The highest BCUT2D eigenvalue weighted by Crippen LogP contribution is 2.36. The first-order chi connectivity index (χ1) is 13.2. The highest BCUT2D eigenvalue weighted by Gasteiger charge is 2.17. The van der Waals surface area contributed by atoms with Crippen molar-refractivity contribution in [2.24, 2.45) is 0 Å². The van der Waals surface area contributed by atoms with E-state index in [1.54, 1.807) is 11.3 Å². The van der Waals surface area contributed by atoms with Gasteiger partial charge in [0.05, 0.1) is 13.0 Å². The summed E-state index contributed by atoms with van der Waals surface area (Å²) in [6, 6.07) is 14.8. The van der Waals surface area contributed by atoms with Crippen LogP contribution in [0.25, 0.3) is 11.1 Å². The lowest BCUT2D eigenvalue weighted by atomic mass is 10.00. The van der Waals surface area contributed by atoms with Crippen LogP contribution in [-0.2, 0) is 28.8 Å². The number of anilines is 2. The maximum Gasteiger partial charge on any atom is 0.310 e. The Balaban J connectivity index is 1.56. The van der Waals surface area contributed by atoms with Gasteiger partial charge in [-0.3, -0.25) is 4.79 Å². The molecule has 0 fully saturated rings. The third-order valence-electron chi connectivity index (χ3n) is 4.96. The number of nitrogens with one attached hydrogen (secondary N) is 1. The Bertz CT molecular complexity index is 930. The molecule has 1 N–H and O–H groups in total. The molecule has 0 bridgehead atoms. The number of hydrogen-bond donors (Lipinski definition) is 1. The Hall–Kier alpha value is -2.59. The fourth-order valence-corrected chi connectivity index (χ4v) is 4.32. The van der Waals surface area contributed by atoms with Gasteiger partial charge < -0.3 is 10.1 Å². The Morgan fingerprint density at radius 3 is 2.70 bits per heavy atom. The summed E-state index contributed by atoms with van der Waals surface area (Å²) in [5.74, 6) is -0.181. The summed E-state index contributed by atoms with van der Waals surface area (Å²) in [7, 11) is 0. The van der Waals surface area contributed by atoms with Crippen LogP contribution in [0.1, 0.15) is 30.0 Å². The molecule has 1 heterocycles. The third kappa shape index (κ3) is 4.06. The molecule has 4 heteroatoms. The molecular weight excluding hydrogens is 354 g/mol. The molecule has 2 aromatic carbocycles. The van der Waals surface area contributed by atoms with Gasteiger partial charge >= 0.3 is 5.97 Å². The van der Waals surface area contributed by atoms with Gasteiger partial charge in [0.15, 0.2) is 0 Å². The van der Waals surface area contributed by atoms with Crippen LogP contribution in [-0.4, -0.2) is 12.6 Å². The lowest BCUT2D eigenvalue weighted by molar-refractivity contribution is -0.142. The number of hydrogen-bond acceptors (Lipinski definition) is 4. The molecule has 0 atom stereocenters. The molecular formula is C23H23NO2S. The van der Waals surface area contributed by atoms with Crippen LogP contribution in [0.5, 0.6) is 0 Å². The summed E-state index contributed by atoms with van der Waals surface area (Å²) >= 11 is 1.73. The smallest absolute Gasteiger partial charge is 0.310 e. The molecule has 4 rings (SSSR count). The normalized spacial score (nSPS) is 12.6. The topological polar surface area (TPSA) is 38.3 Å². The molecule has 0 saturated heterocycles. The number of ether oxygens (including phenoxy) is 1. The monoisotopic (exact) mass is 377 g/mol.